The van der Waals surface area contributed by atoms with E-state index >= 15 is 0 Å². The minimum absolute atomic E-state index is 0.459. The number of ether oxygens (including phenoxy) is 1. The van der Waals surface area contributed by atoms with E-state index in [0.29, 0.717) is 17.9 Å². The number of benzene rings is 1. The molecule has 0 aliphatic carbocycles. The minimum atomic E-state index is -4.24. The predicted octanol–water partition coefficient (Wildman–Crippen LogP) is 3.04. The molecule has 0 aliphatic heterocycles. The highest BCUT2D eigenvalue weighted by molar-refractivity contribution is 5.29. The second-order valence-corrected chi connectivity index (χ2v) is 3.43. The Morgan fingerprint density at radius 2 is 1.81 bits per heavy atom. The van der Waals surface area contributed by atoms with Gasteiger partial charge in [-0.1, -0.05) is 12.1 Å². The van der Waals surface area contributed by atoms with Crippen molar-refractivity contribution in [2.24, 2.45) is 5.73 Å². The molecule has 1 atom stereocenters. The summed E-state index contributed by atoms with van der Waals surface area (Å²) in [6.07, 6.45) is -5.25. The van der Waals surface area contributed by atoms with E-state index < -0.39 is 18.6 Å². The van der Waals surface area contributed by atoms with E-state index in [4.69, 9.17) is 10.5 Å². The summed E-state index contributed by atoms with van der Waals surface area (Å²) in [5, 5.41) is 0. The highest BCUT2D eigenvalue weighted by Crippen LogP contribution is 2.28. The van der Waals surface area contributed by atoms with Gasteiger partial charge in [-0.15, -0.1) is 0 Å². The monoisotopic (exact) mass is 233 g/mol. The van der Waals surface area contributed by atoms with Crippen LogP contribution in [0.25, 0.3) is 0 Å². The standard InChI is InChI=1S/C11H14F3NO/c1-2-16-9-5-3-8(4-6-9)10(15)7-11(12,13)14/h3-6,10H,2,7,15H2,1H3/t10-/m0/s1. The third-order valence-corrected chi connectivity index (χ3v) is 2.07. The Morgan fingerprint density at radius 3 is 2.25 bits per heavy atom. The molecule has 0 saturated carbocycles. The molecular weight excluding hydrogens is 219 g/mol. The number of alkyl halides is 3. The first kappa shape index (κ1) is 12.8. The fourth-order valence-corrected chi connectivity index (χ4v) is 1.35. The lowest BCUT2D eigenvalue weighted by molar-refractivity contribution is -0.138. The fourth-order valence-electron chi connectivity index (χ4n) is 1.35. The van der Waals surface area contributed by atoms with E-state index in [-0.39, 0.29) is 0 Å². The zero-order valence-electron chi connectivity index (χ0n) is 8.92. The van der Waals surface area contributed by atoms with E-state index in [2.05, 4.69) is 0 Å². The lowest BCUT2D eigenvalue weighted by atomic mass is 10.0. The van der Waals surface area contributed by atoms with E-state index in [1.165, 1.54) is 0 Å². The van der Waals surface area contributed by atoms with Crippen molar-refractivity contribution in [2.75, 3.05) is 6.61 Å². The normalized spacial score (nSPS) is 13.6. The summed E-state index contributed by atoms with van der Waals surface area (Å²) >= 11 is 0. The summed E-state index contributed by atoms with van der Waals surface area (Å²) in [6.45, 7) is 2.36. The second kappa shape index (κ2) is 5.21. The van der Waals surface area contributed by atoms with Crippen LogP contribution in [0, 0.1) is 0 Å². The first-order valence-electron chi connectivity index (χ1n) is 4.97. The number of hydrogen-bond acceptors (Lipinski definition) is 2. The van der Waals surface area contributed by atoms with Gasteiger partial charge in [0, 0.05) is 6.04 Å². The number of hydrogen-bond donors (Lipinski definition) is 1. The zero-order valence-corrected chi connectivity index (χ0v) is 8.92. The Labute approximate surface area is 92.2 Å². The van der Waals surface area contributed by atoms with Crippen molar-refractivity contribution in [2.45, 2.75) is 25.6 Å². The molecule has 1 aromatic carbocycles. The summed E-state index contributed by atoms with van der Waals surface area (Å²) in [5.74, 6) is 0.630. The Kier molecular flexibility index (Phi) is 4.18. The zero-order chi connectivity index (χ0) is 12.2. The van der Waals surface area contributed by atoms with Gasteiger partial charge in [-0.2, -0.15) is 13.2 Å². The quantitative estimate of drug-likeness (QED) is 0.867. The smallest absolute Gasteiger partial charge is 0.390 e. The maximum atomic E-state index is 12.1. The van der Waals surface area contributed by atoms with Crippen LogP contribution in [-0.2, 0) is 0 Å². The summed E-state index contributed by atoms with van der Waals surface area (Å²) in [4.78, 5) is 0. The van der Waals surface area contributed by atoms with E-state index in [0.717, 1.165) is 0 Å². The SMILES string of the molecule is CCOc1ccc([C@@H](N)CC(F)(F)F)cc1. The van der Waals surface area contributed by atoms with Crippen LogP contribution in [0.15, 0.2) is 24.3 Å². The first-order chi connectivity index (χ1) is 7.42. The van der Waals surface area contributed by atoms with E-state index in [1.54, 1.807) is 24.3 Å². The molecule has 0 radical (unpaired) electrons. The fraction of sp³-hybridized carbons (Fsp3) is 0.455. The molecule has 0 saturated heterocycles. The van der Waals surface area contributed by atoms with Gasteiger partial charge in [-0.25, -0.2) is 0 Å². The number of rotatable bonds is 4. The van der Waals surface area contributed by atoms with Gasteiger partial charge in [0.05, 0.1) is 13.0 Å². The van der Waals surface area contributed by atoms with Gasteiger partial charge < -0.3 is 10.5 Å². The molecule has 2 N–H and O–H groups in total. The molecule has 16 heavy (non-hydrogen) atoms. The van der Waals surface area contributed by atoms with Gasteiger partial charge in [-0.05, 0) is 24.6 Å². The lowest BCUT2D eigenvalue weighted by Crippen LogP contribution is -2.20. The average Bonchev–Trinajstić information content (AvgIpc) is 2.16. The molecule has 0 bridgehead atoms. The second-order valence-electron chi connectivity index (χ2n) is 3.43. The van der Waals surface area contributed by atoms with Crippen LogP contribution in [0.1, 0.15) is 24.9 Å². The van der Waals surface area contributed by atoms with Gasteiger partial charge in [0.1, 0.15) is 5.75 Å². The molecular formula is C11H14F3NO. The lowest BCUT2D eigenvalue weighted by Gasteiger charge is -2.14. The number of nitrogens with two attached hydrogens (primary N) is 1. The summed E-state index contributed by atoms with van der Waals surface area (Å²) < 4.78 is 41.4. The third-order valence-electron chi connectivity index (χ3n) is 2.07. The van der Waals surface area contributed by atoms with Crippen molar-refractivity contribution >= 4 is 0 Å². The average molecular weight is 233 g/mol. The third kappa shape index (κ3) is 4.10. The Balaban J connectivity index is 2.66. The van der Waals surface area contributed by atoms with Crippen LogP contribution in [0.3, 0.4) is 0 Å². The van der Waals surface area contributed by atoms with Gasteiger partial charge in [-0.3, -0.25) is 0 Å². The van der Waals surface area contributed by atoms with E-state index in [9.17, 15) is 13.2 Å². The van der Waals surface area contributed by atoms with Crippen molar-refractivity contribution in [3.63, 3.8) is 0 Å². The molecule has 0 unspecified atom stereocenters. The van der Waals surface area contributed by atoms with Crippen molar-refractivity contribution in [1.29, 1.82) is 0 Å². The van der Waals surface area contributed by atoms with Crippen LogP contribution >= 0.6 is 0 Å². The van der Waals surface area contributed by atoms with Gasteiger partial charge in [0.15, 0.2) is 0 Å². The minimum Gasteiger partial charge on any atom is -0.494 e. The molecule has 0 aliphatic rings. The van der Waals surface area contributed by atoms with Crippen LogP contribution in [0.4, 0.5) is 13.2 Å². The first-order valence-corrected chi connectivity index (χ1v) is 4.97. The highest BCUT2D eigenvalue weighted by Gasteiger charge is 2.30. The summed E-state index contributed by atoms with van der Waals surface area (Å²) in [6, 6.07) is 5.34. The molecule has 0 spiro atoms. The molecule has 2 nitrogen and oxygen atoms in total. The maximum Gasteiger partial charge on any atom is 0.390 e. The molecule has 1 rings (SSSR count). The maximum absolute atomic E-state index is 12.1. The Hall–Kier alpha value is -1.23. The highest BCUT2D eigenvalue weighted by atomic mass is 19.4. The van der Waals surface area contributed by atoms with Crippen LogP contribution in [0.2, 0.25) is 0 Å². The van der Waals surface area contributed by atoms with Crippen LogP contribution < -0.4 is 10.5 Å². The van der Waals surface area contributed by atoms with Crippen molar-refractivity contribution in [1.82, 2.24) is 0 Å². The molecule has 1 aromatic rings. The molecule has 0 fully saturated rings. The Morgan fingerprint density at radius 1 is 1.25 bits per heavy atom. The predicted molar refractivity (Wildman–Crippen MR) is 55.2 cm³/mol. The van der Waals surface area contributed by atoms with Gasteiger partial charge in [0.25, 0.3) is 0 Å². The molecule has 90 valence electrons. The molecule has 0 aromatic heterocycles. The van der Waals surface area contributed by atoms with Gasteiger partial charge >= 0.3 is 6.18 Å². The molecule has 5 heteroatoms. The summed E-state index contributed by atoms with van der Waals surface area (Å²) in [7, 11) is 0. The Bertz CT molecular complexity index is 321. The van der Waals surface area contributed by atoms with Crippen molar-refractivity contribution < 1.29 is 17.9 Å². The van der Waals surface area contributed by atoms with Crippen molar-refractivity contribution in [3.05, 3.63) is 29.8 Å². The van der Waals surface area contributed by atoms with Crippen LogP contribution in [-0.4, -0.2) is 12.8 Å². The summed E-state index contributed by atoms with van der Waals surface area (Å²) in [5.41, 5.74) is 5.90. The topological polar surface area (TPSA) is 35.2 Å². The molecule has 0 amide bonds. The van der Waals surface area contributed by atoms with Crippen LogP contribution in [0.5, 0.6) is 5.75 Å². The van der Waals surface area contributed by atoms with Crippen molar-refractivity contribution in [3.8, 4) is 5.75 Å². The largest absolute Gasteiger partial charge is 0.494 e. The van der Waals surface area contributed by atoms with E-state index in [1.807, 2.05) is 6.92 Å². The molecule has 0 heterocycles. The number of halogens is 3. The van der Waals surface area contributed by atoms with Gasteiger partial charge in [0.2, 0.25) is 0 Å².